The Labute approximate surface area is 119 Å². The van der Waals surface area contributed by atoms with Gasteiger partial charge in [0, 0.05) is 6.20 Å². The van der Waals surface area contributed by atoms with Gasteiger partial charge >= 0.3 is 5.97 Å². The van der Waals surface area contributed by atoms with Crippen LogP contribution in [0.25, 0.3) is 0 Å². The summed E-state index contributed by atoms with van der Waals surface area (Å²) in [5.41, 5.74) is 1.93. The summed E-state index contributed by atoms with van der Waals surface area (Å²) in [5, 5.41) is 8.97. The molecule has 5 heteroatoms. The molecule has 98 valence electrons. The highest BCUT2D eigenvalue weighted by Gasteiger charge is 2.10. The van der Waals surface area contributed by atoms with E-state index in [-0.39, 0.29) is 5.56 Å². The van der Waals surface area contributed by atoms with Crippen LogP contribution in [-0.4, -0.2) is 16.1 Å². The Balaban J connectivity index is 2.32. The molecule has 0 saturated carbocycles. The summed E-state index contributed by atoms with van der Waals surface area (Å²) in [5.74, 6) is 0.0719. The molecule has 0 unspecified atom stereocenters. The summed E-state index contributed by atoms with van der Waals surface area (Å²) < 4.78 is 6.44. The number of hydrogen-bond acceptors (Lipinski definition) is 3. The molecule has 1 N–H and O–H groups in total. The van der Waals surface area contributed by atoms with Gasteiger partial charge in [-0.05, 0) is 65.2 Å². The van der Waals surface area contributed by atoms with Crippen LogP contribution in [0.2, 0.25) is 0 Å². The van der Waals surface area contributed by atoms with Gasteiger partial charge in [-0.3, -0.25) is 0 Å². The molecule has 2 rings (SSSR count). The van der Waals surface area contributed by atoms with Crippen molar-refractivity contribution in [2.24, 2.45) is 0 Å². The molecule has 0 aliphatic heterocycles. The predicted octanol–water partition coefficient (Wildman–Crippen LogP) is 3.95. The molecular formula is C14H12BrNO3. The molecule has 0 fully saturated rings. The smallest absolute Gasteiger partial charge is 0.335 e. The van der Waals surface area contributed by atoms with E-state index in [0.29, 0.717) is 17.2 Å². The number of halogens is 1. The van der Waals surface area contributed by atoms with Crippen LogP contribution in [0, 0.1) is 13.8 Å². The van der Waals surface area contributed by atoms with Crippen LogP contribution in [0.5, 0.6) is 11.6 Å². The lowest BCUT2D eigenvalue weighted by atomic mass is 10.1. The van der Waals surface area contributed by atoms with E-state index in [9.17, 15) is 4.79 Å². The molecule has 1 aromatic heterocycles. The van der Waals surface area contributed by atoms with Crippen molar-refractivity contribution in [1.29, 1.82) is 0 Å². The fourth-order valence-electron chi connectivity index (χ4n) is 1.64. The maximum absolute atomic E-state index is 10.9. The van der Waals surface area contributed by atoms with Gasteiger partial charge in [0.05, 0.1) is 10.0 Å². The number of aryl methyl sites for hydroxylation is 2. The topological polar surface area (TPSA) is 59.4 Å². The maximum atomic E-state index is 10.9. The molecule has 0 atom stereocenters. The summed E-state index contributed by atoms with van der Waals surface area (Å²) in [6, 6.07) is 6.69. The van der Waals surface area contributed by atoms with Crippen LogP contribution in [0.3, 0.4) is 0 Å². The van der Waals surface area contributed by atoms with Crippen LogP contribution < -0.4 is 4.74 Å². The van der Waals surface area contributed by atoms with Crippen LogP contribution >= 0.6 is 15.9 Å². The quantitative estimate of drug-likeness (QED) is 0.929. The zero-order chi connectivity index (χ0) is 14.0. The van der Waals surface area contributed by atoms with E-state index in [1.54, 1.807) is 25.3 Å². The maximum Gasteiger partial charge on any atom is 0.335 e. The Morgan fingerprint density at radius 2 is 2.00 bits per heavy atom. The van der Waals surface area contributed by atoms with Crippen molar-refractivity contribution in [3.8, 4) is 11.6 Å². The fraction of sp³-hybridized carbons (Fsp3) is 0.143. The number of rotatable bonds is 3. The number of nitrogens with zero attached hydrogens (tertiary/aromatic N) is 1. The first-order chi connectivity index (χ1) is 8.99. The number of carbonyl (C=O) groups is 1. The first-order valence-electron chi connectivity index (χ1n) is 5.62. The molecule has 0 aliphatic carbocycles. The second kappa shape index (κ2) is 5.40. The molecule has 0 aliphatic rings. The molecule has 0 saturated heterocycles. The van der Waals surface area contributed by atoms with Crippen molar-refractivity contribution in [3.05, 3.63) is 51.6 Å². The van der Waals surface area contributed by atoms with Crippen molar-refractivity contribution in [3.63, 3.8) is 0 Å². The highest BCUT2D eigenvalue weighted by molar-refractivity contribution is 9.10. The number of carboxylic acids is 1. The first kappa shape index (κ1) is 13.5. The van der Waals surface area contributed by atoms with E-state index >= 15 is 0 Å². The summed E-state index contributed by atoms with van der Waals surface area (Å²) in [7, 11) is 0. The van der Waals surface area contributed by atoms with E-state index in [1.165, 1.54) is 6.07 Å². The lowest BCUT2D eigenvalue weighted by Gasteiger charge is -2.09. The molecule has 0 spiro atoms. The van der Waals surface area contributed by atoms with E-state index in [0.717, 1.165) is 10.0 Å². The van der Waals surface area contributed by atoms with Crippen molar-refractivity contribution >= 4 is 21.9 Å². The molecule has 2 aromatic rings. The molecule has 0 amide bonds. The van der Waals surface area contributed by atoms with Crippen LogP contribution in [-0.2, 0) is 0 Å². The molecular weight excluding hydrogens is 310 g/mol. The van der Waals surface area contributed by atoms with Crippen molar-refractivity contribution in [1.82, 2.24) is 4.98 Å². The standard InChI is InChI=1S/C14H12BrNO3/c1-8-5-6-16-13(12(8)15)19-10-3-4-11(14(17)18)9(2)7-10/h3-7H,1-2H3,(H,17,18). The predicted molar refractivity (Wildman–Crippen MR) is 74.9 cm³/mol. The van der Waals surface area contributed by atoms with Crippen LogP contribution in [0.1, 0.15) is 21.5 Å². The van der Waals surface area contributed by atoms with Crippen molar-refractivity contribution in [2.75, 3.05) is 0 Å². The third-order valence-electron chi connectivity index (χ3n) is 2.69. The SMILES string of the molecule is Cc1cc(Oc2nccc(C)c2Br)ccc1C(=O)O. The van der Waals surface area contributed by atoms with Gasteiger partial charge in [0.25, 0.3) is 0 Å². The number of aromatic carboxylic acids is 1. The Bertz CT molecular complexity index is 641. The van der Waals surface area contributed by atoms with E-state index in [1.807, 2.05) is 13.0 Å². The molecule has 0 radical (unpaired) electrons. The van der Waals surface area contributed by atoms with Gasteiger partial charge in [-0.25, -0.2) is 9.78 Å². The second-order valence-corrected chi connectivity index (χ2v) is 4.92. The minimum atomic E-state index is -0.945. The van der Waals surface area contributed by atoms with Gasteiger partial charge in [-0.1, -0.05) is 0 Å². The van der Waals surface area contributed by atoms with Gasteiger partial charge in [0.2, 0.25) is 5.88 Å². The van der Waals surface area contributed by atoms with Gasteiger partial charge in [0.1, 0.15) is 5.75 Å². The Morgan fingerprint density at radius 3 is 2.63 bits per heavy atom. The first-order valence-corrected chi connectivity index (χ1v) is 6.41. The summed E-state index contributed by atoms with van der Waals surface area (Å²) >= 11 is 3.41. The van der Waals surface area contributed by atoms with E-state index in [2.05, 4.69) is 20.9 Å². The largest absolute Gasteiger partial charge is 0.478 e. The average molecular weight is 322 g/mol. The van der Waals surface area contributed by atoms with Crippen molar-refractivity contribution in [2.45, 2.75) is 13.8 Å². The number of carboxylic acid groups (broad SMARTS) is 1. The lowest BCUT2D eigenvalue weighted by Crippen LogP contribution is -2.00. The van der Waals surface area contributed by atoms with Crippen LogP contribution in [0.15, 0.2) is 34.9 Å². The summed E-state index contributed by atoms with van der Waals surface area (Å²) in [6.45, 7) is 3.67. The number of aromatic nitrogens is 1. The number of pyridine rings is 1. The highest BCUT2D eigenvalue weighted by Crippen LogP contribution is 2.30. The van der Waals surface area contributed by atoms with Crippen LogP contribution in [0.4, 0.5) is 0 Å². The zero-order valence-electron chi connectivity index (χ0n) is 10.5. The third-order valence-corrected chi connectivity index (χ3v) is 3.66. The van der Waals surface area contributed by atoms with E-state index in [4.69, 9.17) is 9.84 Å². The number of ether oxygens (including phenoxy) is 1. The second-order valence-electron chi connectivity index (χ2n) is 4.13. The molecule has 0 bridgehead atoms. The minimum absolute atomic E-state index is 0.267. The summed E-state index contributed by atoms with van der Waals surface area (Å²) in [6.07, 6.45) is 1.66. The number of hydrogen-bond donors (Lipinski definition) is 1. The minimum Gasteiger partial charge on any atom is -0.478 e. The summed E-state index contributed by atoms with van der Waals surface area (Å²) in [4.78, 5) is 15.1. The van der Waals surface area contributed by atoms with E-state index < -0.39 is 5.97 Å². The molecule has 1 aromatic carbocycles. The number of benzene rings is 1. The lowest BCUT2D eigenvalue weighted by molar-refractivity contribution is 0.0696. The van der Waals surface area contributed by atoms with Gasteiger partial charge in [-0.15, -0.1) is 0 Å². The molecule has 4 nitrogen and oxygen atoms in total. The van der Waals surface area contributed by atoms with Gasteiger partial charge < -0.3 is 9.84 Å². The highest BCUT2D eigenvalue weighted by atomic mass is 79.9. The Morgan fingerprint density at radius 1 is 1.26 bits per heavy atom. The molecule has 19 heavy (non-hydrogen) atoms. The van der Waals surface area contributed by atoms with Gasteiger partial charge in [-0.2, -0.15) is 0 Å². The zero-order valence-corrected chi connectivity index (χ0v) is 12.1. The molecule has 1 heterocycles. The Kier molecular flexibility index (Phi) is 3.85. The average Bonchev–Trinajstić information content (AvgIpc) is 2.34. The normalized spacial score (nSPS) is 10.3. The third kappa shape index (κ3) is 2.93. The fourth-order valence-corrected chi connectivity index (χ4v) is 1.95. The Hall–Kier alpha value is -1.88. The van der Waals surface area contributed by atoms with Crippen molar-refractivity contribution < 1.29 is 14.6 Å². The van der Waals surface area contributed by atoms with Gasteiger partial charge in [0.15, 0.2) is 0 Å². The monoisotopic (exact) mass is 321 g/mol.